The molecule has 122 valence electrons. The summed E-state index contributed by atoms with van der Waals surface area (Å²) in [6.45, 7) is 12.0. The third-order valence-electron chi connectivity index (χ3n) is 2.93. The monoisotopic (exact) mass is 305 g/mol. The van der Waals surface area contributed by atoms with Crippen LogP contribution in [0.25, 0.3) is 0 Å². The fourth-order valence-corrected chi connectivity index (χ4v) is 1.80. The third kappa shape index (κ3) is 6.61. The zero-order chi connectivity index (χ0) is 17.0. The number of rotatable bonds is 3. The highest BCUT2D eigenvalue weighted by molar-refractivity contribution is 5.94. The third-order valence-corrected chi connectivity index (χ3v) is 2.93. The summed E-state index contributed by atoms with van der Waals surface area (Å²) in [4.78, 5) is 23.4. The van der Waals surface area contributed by atoms with Crippen molar-refractivity contribution in [1.29, 1.82) is 0 Å². The van der Waals surface area contributed by atoms with Crippen LogP contribution < -0.4 is 16.0 Å². The topological polar surface area (TPSA) is 70.2 Å². The molecule has 1 aromatic rings. The highest BCUT2D eigenvalue weighted by Gasteiger charge is 2.15. The van der Waals surface area contributed by atoms with E-state index < -0.39 is 0 Å². The Bertz CT molecular complexity index is 522. The van der Waals surface area contributed by atoms with Crippen LogP contribution in [-0.2, 0) is 10.2 Å². The van der Waals surface area contributed by atoms with Gasteiger partial charge >= 0.3 is 6.03 Å². The molecule has 5 heteroatoms. The maximum Gasteiger partial charge on any atom is 0.315 e. The average molecular weight is 305 g/mol. The van der Waals surface area contributed by atoms with Crippen LogP contribution in [-0.4, -0.2) is 24.0 Å². The molecule has 1 aromatic carbocycles. The molecule has 0 aliphatic heterocycles. The summed E-state index contributed by atoms with van der Waals surface area (Å²) >= 11 is 0. The quantitative estimate of drug-likeness (QED) is 0.803. The summed E-state index contributed by atoms with van der Waals surface area (Å²) in [5, 5.41) is 8.02. The molecule has 0 radical (unpaired) electrons. The van der Waals surface area contributed by atoms with Crippen molar-refractivity contribution in [3.05, 3.63) is 29.8 Å². The molecule has 0 unspecified atom stereocenters. The summed E-state index contributed by atoms with van der Waals surface area (Å²) in [6.07, 6.45) is 0. The van der Waals surface area contributed by atoms with E-state index in [1.54, 1.807) is 0 Å². The predicted octanol–water partition coefficient (Wildman–Crippen LogP) is 3.02. The molecule has 22 heavy (non-hydrogen) atoms. The Kier molecular flexibility index (Phi) is 5.58. The number of carbonyl (C=O) groups excluding carboxylic acids is 2. The summed E-state index contributed by atoms with van der Waals surface area (Å²) in [5.41, 5.74) is 1.67. The molecule has 3 N–H and O–H groups in total. The molecular formula is C17H27N3O2. The lowest BCUT2D eigenvalue weighted by Crippen LogP contribution is -2.48. The van der Waals surface area contributed by atoms with E-state index in [-0.39, 0.29) is 29.4 Å². The highest BCUT2D eigenvalue weighted by Crippen LogP contribution is 2.23. The minimum Gasteiger partial charge on any atom is -0.334 e. The predicted molar refractivity (Wildman–Crippen MR) is 90.1 cm³/mol. The Morgan fingerprint density at radius 1 is 0.955 bits per heavy atom. The molecule has 0 fully saturated rings. The molecule has 0 heterocycles. The van der Waals surface area contributed by atoms with Gasteiger partial charge in [0, 0.05) is 11.2 Å². The van der Waals surface area contributed by atoms with Gasteiger partial charge in [0.15, 0.2) is 0 Å². The fourth-order valence-electron chi connectivity index (χ4n) is 1.80. The number of anilines is 1. The van der Waals surface area contributed by atoms with Gasteiger partial charge in [0.2, 0.25) is 5.91 Å². The molecular weight excluding hydrogens is 278 g/mol. The smallest absolute Gasteiger partial charge is 0.315 e. The van der Waals surface area contributed by atoms with Crippen LogP contribution in [0.3, 0.4) is 0 Å². The van der Waals surface area contributed by atoms with Gasteiger partial charge < -0.3 is 16.0 Å². The number of hydrogen-bond acceptors (Lipinski definition) is 2. The maximum absolute atomic E-state index is 11.8. The first-order valence-corrected chi connectivity index (χ1v) is 7.44. The van der Waals surface area contributed by atoms with Crippen LogP contribution >= 0.6 is 0 Å². The van der Waals surface area contributed by atoms with Crippen molar-refractivity contribution in [2.45, 2.75) is 52.5 Å². The van der Waals surface area contributed by atoms with Gasteiger partial charge in [-0.3, -0.25) is 4.79 Å². The van der Waals surface area contributed by atoms with E-state index in [4.69, 9.17) is 0 Å². The van der Waals surface area contributed by atoms with Gasteiger partial charge in [-0.15, -0.1) is 0 Å². The zero-order valence-corrected chi connectivity index (χ0v) is 14.3. The number of nitrogens with one attached hydrogen (secondary N) is 3. The number of carbonyl (C=O) groups is 2. The van der Waals surface area contributed by atoms with Crippen LogP contribution in [0.15, 0.2) is 24.3 Å². The van der Waals surface area contributed by atoms with Crippen molar-refractivity contribution >= 4 is 17.6 Å². The standard InChI is InChI=1S/C17H27N3O2/c1-16(2,3)12-7-9-13(10-8-12)19-14(21)11-18-15(22)20-17(4,5)6/h7-10H,11H2,1-6H3,(H,19,21)(H2,18,20,22). The largest absolute Gasteiger partial charge is 0.334 e. The van der Waals surface area contributed by atoms with Gasteiger partial charge in [0.05, 0.1) is 6.54 Å². The molecule has 0 aliphatic carbocycles. The lowest BCUT2D eigenvalue weighted by Gasteiger charge is -2.20. The van der Waals surface area contributed by atoms with Crippen molar-refractivity contribution in [3.63, 3.8) is 0 Å². The Hall–Kier alpha value is -2.04. The first kappa shape index (κ1) is 18.0. The Morgan fingerprint density at radius 3 is 1.95 bits per heavy atom. The molecule has 0 aliphatic rings. The number of hydrogen-bond donors (Lipinski definition) is 3. The lowest BCUT2D eigenvalue weighted by molar-refractivity contribution is -0.115. The minimum atomic E-state index is -0.356. The van der Waals surface area contributed by atoms with Crippen molar-refractivity contribution < 1.29 is 9.59 Å². The summed E-state index contributed by atoms with van der Waals surface area (Å²) in [7, 11) is 0. The molecule has 0 atom stereocenters. The molecule has 0 saturated carbocycles. The second-order valence-electron chi connectivity index (χ2n) is 7.43. The zero-order valence-electron chi connectivity index (χ0n) is 14.3. The Labute approximate surface area is 132 Å². The minimum absolute atomic E-state index is 0.0665. The Balaban J connectivity index is 2.47. The van der Waals surface area contributed by atoms with Crippen molar-refractivity contribution in [3.8, 4) is 0 Å². The first-order chi connectivity index (χ1) is 9.97. The summed E-state index contributed by atoms with van der Waals surface area (Å²) < 4.78 is 0. The van der Waals surface area contributed by atoms with Crippen LogP contribution in [0.5, 0.6) is 0 Å². The number of benzene rings is 1. The van der Waals surface area contributed by atoms with E-state index in [0.717, 1.165) is 5.69 Å². The molecule has 0 aromatic heterocycles. The van der Waals surface area contributed by atoms with E-state index in [9.17, 15) is 9.59 Å². The second-order valence-corrected chi connectivity index (χ2v) is 7.43. The fraction of sp³-hybridized carbons (Fsp3) is 0.529. The summed E-state index contributed by atoms with van der Waals surface area (Å²) in [6, 6.07) is 7.37. The van der Waals surface area contributed by atoms with E-state index in [2.05, 4.69) is 36.7 Å². The summed E-state index contributed by atoms with van der Waals surface area (Å²) in [5.74, 6) is -0.257. The highest BCUT2D eigenvalue weighted by atomic mass is 16.2. The van der Waals surface area contributed by atoms with Gasteiger partial charge in [0.25, 0.3) is 0 Å². The van der Waals surface area contributed by atoms with E-state index >= 15 is 0 Å². The van der Waals surface area contributed by atoms with Crippen LogP contribution in [0.4, 0.5) is 10.5 Å². The first-order valence-electron chi connectivity index (χ1n) is 7.44. The average Bonchev–Trinajstić information content (AvgIpc) is 2.34. The van der Waals surface area contributed by atoms with Crippen LogP contribution in [0, 0.1) is 0 Å². The molecule has 0 saturated heterocycles. The number of urea groups is 1. The van der Waals surface area contributed by atoms with Crippen molar-refractivity contribution in [2.75, 3.05) is 11.9 Å². The molecule has 5 nitrogen and oxygen atoms in total. The Morgan fingerprint density at radius 2 is 1.50 bits per heavy atom. The van der Waals surface area contributed by atoms with Gasteiger partial charge in [-0.1, -0.05) is 32.9 Å². The van der Waals surface area contributed by atoms with E-state index in [1.807, 2.05) is 45.0 Å². The molecule has 0 bridgehead atoms. The van der Waals surface area contributed by atoms with Crippen molar-refractivity contribution in [2.24, 2.45) is 0 Å². The lowest BCUT2D eigenvalue weighted by atomic mass is 9.87. The van der Waals surface area contributed by atoms with Gasteiger partial charge in [0.1, 0.15) is 0 Å². The molecule has 3 amide bonds. The number of amides is 3. The van der Waals surface area contributed by atoms with Crippen molar-refractivity contribution in [1.82, 2.24) is 10.6 Å². The van der Waals surface area contributed by atoms with Gasteiger partial charge in [-0.05, 0) is 43.9 Å². The van der Waals surface area contributed by atoms with Crippen LogP contribution in [0.1, 0.15) is 47.1 Å². The van der Waals surface area contributed by atoms with Crippen LogP contribution in [0.2, 0.25) is 0 Å². The SMILES string of the molecule is CC(C)(C)NC(=O)NCC(=O)Nc1ccc(C(C)(C)C)cc1. The van der Waals surface area contributed by atoms with E-state index in [0.29, 0.717) is 0 Å². The van der Waals surface area contributed by atoms with Gasteiger partial charge in [-0.2, -0.15) is 0 Å². The van der Waals surface area contributed by atoms with Gasteiger partial charge in [-0.25, -0.2) is 4.79 Å². The normalized spacial score (nSPS) is 11.7. The van der Waals surface area contributed by atoms with E-state index in [1.165, 1.54) is 5.56 Å². The molecule has 0 spiro atoms. The second kappa shape index (κ2) is 6.81. The maximum atomic E-state index is 11.8. The molecule has 1 rings (SSSR count).